The molecule has 0 saturated heterocycles. The zero-order valence-electron chi connectivity index (χ0n) is 11.2. The second kappa shape index (κ2) is 4.39. The Kier molecular flexibility index (Phi) is 2.86. The van der Waals surface area contributed by atoms with Crippen LogP contribution >= 0.6 is 0 Å². The van der Waals surface area contributed by atoms with Crippen LogP contribution in [0.3, 0.4) is 0 Å². The molecule has 1 aromatic heterocycles. The molecule has 0 spiro atoms. The first-order valence-electron chi connectivity index (χ1n) is 6.89. The standard InChI is InChI=1S/C15H21N3/c1-10(7-8-16)12-3-6-15-14(9-12)17-11(2)18(15)13-4-5-13/h3,6,9-10,13H,4-5,7-8,16H2,1-2H3. The summed E-state index contributed by atoms with van der Waals surface area (Å²) in [6.07, 6.45) is 3.64. The van der Waals surface area contributed by atoms with Crippen molar-refractivity contribution in [2.45, 2.75) is 45.1 Å². The summed E-state index contributed by atoms with van der Waals surface area (Å²) in [6.45, 7) is 5.09. The van der Waals surface area contributed by atoms with Crippen LogP contribution in [-0.2, 0) is 0 Å². The van der Waals surface area contributed by atoms with Crippen molar-refractivity contribution in [3.05, 3.63) is 29.6 Å². The Morgan fingerprint density at radius 2 is 2.22 bits per heavy atom. The molecule has 3 rings (SSSR count). The molecule has 1 aromatic carbocycles. The highest BCUT2D eigenvalue weighted by atomic mass is 15.1. The van der Waals surface area contributed by atoms with E-state index in [4.69, 9.17) is 10.7 Å². The predicted molar refractivity (Wildman–Crippen MR) is 74.8 cm³/mol. The molecule has 1 aliphatic rings. The molecule has 0 bridgehead atoms. The van der Waals surface area contributed by atoms with Crippen molar-refractivity contribution >= 4 is 11.0 Å². The Morgan fingerprint density at radius 1 is 1.44 bits per heavy atom. The quantitative estimate of drug-likeness (QED) is 0.896. The van der Waals surface area contributed by atoms with Gasteiger partial charge in [-0.2, -0.15) is 0 Å². The third-order valence-corrected chi connectivity index (χ3v) is 3.97. The van der Waals surface area contributed by atoms with Gasteiger partial charge in [-0.15, -0.1) is 0 Å². The normalized spacial score (nSPS) is 17.3. The number of nitrogens with two attached hydrogens (primary N) is 1. The van der Waals surface area contributed by atoms with Crippen LogP contribution < -0.4 is 5.73 Å². The van der Waals surface area contributed by atoms with Crippen LogP contribution in [0.15, 0.2) is 18.2 Å². The van der Waals surface area contributed by atoms with E-state index in [1.54, 1.807) is 0 Å². The summed E-state index contributed by atoms with van der Waals surface area (Å²) < 4.78 is 2.40. The van der Waals surface area contributed by atoms with Crippen LogP contribution in [0.2, 0.25) is 0 Å². The molecule has 96 valence electrons. The molecule has 0 radical (unpaired) electrons. The maximum atomic E-state index is 5.64. The highest BCUT2D eigenvalue weighted by molar-refractivity contribution is 5.77. The fraction of sp³-hybridized carbons (Fsp3) is 0.533. The second-order valence-electron chi connectivity index (χ2n) is 5.49. The van der Waals surface area contributed by atoms with Gasteiger partial charge in [-0.3, -0.25) is 0 Å². The first kappa shape index (κ1) is 11.7. The van der Waals surface area contributed by atoms with Gasteiger partial charge in [-0.25, -0.2) is 4.98 Å². The Morgan fingerprint density at radius 3 is 2.89 bits per heavy atom. The first-order chi connectivity index (χ1) is 8.70. The van der Waals surface area contributed by atoms with Crippen molar-refractivity contribution in [2.75, 3.05) is 6.54 Å². The maximum absolute atomic E-state index is 5.64. The average molecular weight is 243 g/mol. The summed E-state index contributed by atoms with van der Waals surface area (Å²) in [4.78, 5) is 4.71. The van der Waals surface area contributed by atoms with Crippen LogP contribution in [0.4, 0.5) is 0 Å². The number of aromatic nitrogens is 2. The number of rotatable bonds is 4. The van der Waals surface area contributed by atoms with Crippen LogP contribution in [0.25, 0.3) is 11.0 Å². The van der Waals surface area contributed by atoms with Gasteiger partial charge in [0.2, 0.25) is 0 Å². The monoisotopic (exact) mass is 243 g/mol. The van der Waals surface area contributed by atoms with Crippen molar-refractivity contribution in [3.63, 3.8) is 0 Å². The summed E-state index contributed by atoms with van der Waals surface area (Å²) in [7, 11) is 0. The fourth-order valence-corrected chi connectivity index (χ4v) is 2.75. The number of hydrogen-bond donors (Lipinski definition) is 1. The highest BCUT2D eigenvalue weighted by Gasteiger charge is 2.26. The van der Waals surface area contributed by atoms with Gasteiger partial charge in [0, 0.05) is 6.04 Å². The summed E-state index contributed by atoms with van der Waals surface area (Å²) in [5.41, 5.74) is 9.42. The minimum atomic E-state index is 0.519. The molecule has 2 N–H and O–H groups in total. The van der Waals surface area contributed by atoms with Gasteiger partial charge in [0.15, 0.2) is 0 Å². The fourth-order valence-electron chi connectivity index (χ4n) is 2.75. The summed E-state index contributed by atoms with van der Waals surface area (Å²) in [6, 6.07) is 7.41. The number of hydrogen-bond acceptors (Lipinski definition) is 2. The van der Waals surface area contributed by atoms with Gasteiger partial charge in [0.1, 0.15) is 5.82 Å². The topological polar surface area (TPSA) is 43.8 Å². The zero-order valence-corrected chi connectivity index (χ0v) is 11.2. The van der Waals surface area contributed by atoms with Crippen LogP contribution in [0.1, 0.15) is 49.5 Å². The van der Waals surface area contributed by atoms with Gasteiger partial charge < -0.3 is 10.3 Å². The van der Waals surface area contributed by atoms with Gasteiger partial charge in [0.05, 0.1) is 11.0 Å². The predicted octanol–water partition coefficient (Wildman–Crippen LogP) is 3.13. The third kappa shape index (κ3) is 1.93. The molecule has 1 unspecified atom stereocenters. The first-order valence-corrected chi connectivity index (χ1v) is 6.89. The van der Waals surface area contributed by atoms with Crippen molar-refractivity contribution in [1.29, 1.82) is 0 Å². The van der Waals surface area contributed by atoms with E-state index in [2.05, 4.69) is 36.6 Å². The van der Waals surface area contributed by atoms with Crippen molar-refractivity contribution in [3.8, 4) is 0 Å². The molecule has 1 atom stereocenters. The van der Waals surface area contributed by atoms with Gasteiger partial charge in [0.25, 0.3) is 0 Å². The molecule has 0 amide bonds. The van der Waals surface area contributed by atoms with Gasteiger partial charge >= 0.3 is 0 Å². The number of nitrogens with zero attached hydrogens (tertiary/aromatic N) is 2. The summed E-state index contributed by atoms with van der Waals surface area (Å²) in [5, 5.41) is 0. The Bertz CT molecular complexity index is 566. The largest absolute Gasteiger partial charge is 0.330 e. The smallest absolute Gasteiger partial charge is 0.106 e. The lowest BCUT2D eigenvalue weighted by Gasteiger charge is -2.10. The maximum Gasteiger partial charge on any atom is 0.106 e. The number of aryl methyl sites for hydroxylation is 1. The average Bonchev–Trinajstić information content (AvgIpc) is 3.11. The minimum Gasteiger partial charge on any atom is -0.330 e. The van der Waals surface area contributed by atoms with Crippen molar-refractivity contribution in [1.82, 2.24) is 9.55 Å². The van der Waals surface area contributed by atoms with Crippen molar-refractivity contribution in [2.24, 2.45) is 5.73 Å². The number of fused-ring (bicyclic) bond motifs is 1. The van der Waals surface area contributed by atoms with Gasteiger partial charge in [-0.1, -0.05) is 13.0 Å². The lowest BCUT2D eigenvalue weighted by molar-refractivity contribution is 0.690. The molecule has 18 heavy (non-hydrogen) atoms. The van der Waals surface area contributed by atoms with E-state index in [0.717, 1.165) is 24.3 Å². The highest BCUT2D eigenvalue weighted by Crippen LogP contribution is 2.38. The second-order valence-corrected chi connectivity index (χ2v) is 5.49. The van der Waals surface area contributed by atoms with Crippen LogP contribution in [-0.4, -0.2) is 16.1 Å². The molecular weight excluding hydrogens is 222 g/mol. The van der Waals surface area contributed by atoms with Crippen molar-refractivity contribution < 1.29 is 0 Å². The number of benzene rings is 1. The van der Waals surface area contributed by atoms with E-state index in [1.807, 2.05) is 0 Å². The molecule has 2 aromatic rings. The van der Waals surface area contributed by atoms with E-state index < -0.39 is 0 Å². The molecule has 1 fully saturated rings. The van der Waals surface area contributed by atoms with Crippen LogP contribution in [0.5, 0.6) is 0 Å². The summed E-state index contributed by atoms with van der Waals surface area (Å²) >= 11 is 0. The molecule has 3 nitrogen and oxygen atoms in total. The SMILES string of the molecule is Cc1nc2cc(C(C)CCN)ccc2n1C1CC1. The van der Waals surface area contributed by atoms with E-state index in [1.165, 1.54) is 23.9 Å². The van der Waals surface area contributed by atoms with Gasteiger partial charge in [-0.05, 0) is 56.3 Å². The Labute approximate surface area is 108 Å². The van der Waals surface area contributed by atoms with E-state index in [0.29, 0.717) is 12.0 Å². The molecule has 3 heteroatoms. The lowest BCUT2D eigenvalue weighted by atomic mass is 9.97. The third-order valence-electron chi connectivity index (χ3n) is 3.97. The number of imidazole rings is 1. The van der Waals surface area contributed by atoms with E-state index in [-0.39, 0.29) is 0 Å². The lowest BCUT2D eigenvalue weighted by Crippen LogP contribution is -2.04. The molecule has 1 heterocycles. The Balaban J connectivity index is 2.02. The van der Waals surface area contributed by atoms with E-state index >= 15 is 0 Å². The molecular formula is C15H21N3. The van der Waals surface area contributed by atoms with E-state index in [9.17, 15) is 0 Å². The molecule has 1 aliphatic carbocycles. The Hall–Kier alpha value is -1.35. The molecule has 0 aliphatic heterocycles. The minimum absolute atomic E-state index is 0.519. The summed E-state index contributed by atoms with van der Waals surface area (Å²) in [5.74, 6) is 1.67. The molecule has 1 saturated carbocycles. The zero-order chi connectivity index (χ0) is 12.7. The van der Waals surface area contributed by atoms with Crippen LogP contribution in [0, 0.1) is 6.92 Å².